The van der Waals surface area contributed by atoms with Crippen molar-refractivity contribution < 1.29 is 13.2 Å². The van der Waals surface area contributed by atoms with E-state index in [-0.39, 0.29) is 11.1 Å². The van der Waals surface area contributed by atoms with Gasteiger partial charge in [0.15, 0.2) is 0 Å². The van der Waals surface area contributed by atoms with Crippen LogP contribution in [0.1, 0.15) is 38.9 Å². The summed E-state index contributed by atoms with van der Waals surface area (Å²) in [7, 11) is 0. The number of nitriles is 1. The van der Waals surface area contributed by atoms with Gasteiger partial charge in [-0.3, -0.25) is 0 Å². The van der Waals surface area contributed by atoms with Gasteiger partial charge in [0.25, 0.3) is 0 Å². The number of rotatable bonds is 7. The molecule has 0 aliphatic rings. The van der Waals surface area contributed by atoms with Crippen molar-refractivity contribution in [1.29, 1.82) is 5.26 Å². The topological polar surface area (TPSA) is 33.6 Å². The predicted octanol–water partition coefficient (Wildman–Crippen LogP) is 18.6. The van der Waals surface area contributed by atoms with E-state index in [9.17, 15) is 5.26 Å². The Labute approximate surface area is 422 Å². The summed E-state index contributed by atoms with van der Waals surface area (Å²) in [6.45, 7) is 10.1. The molecule has 2 aromatic heterocycles. The minimum absolute atomic E-state index is 0.0269. The molecule has 0 saturated heterocycles. The zero-order valence-electron chi connectivity index (χ0n) is 41.0. The summed E-state index contributed by atoms with van der Waals surface area (Å²) in [6.07, 6.45) is -4.70. The molecule has 0 unspecified atom stereocenters. The average molecular weight is 952 g/mol. The molecule has 6 heteroatoms. The Kier molecular flexibility index (Phi) is 10.8. The van der Waals surface area contributed by atoms with Crippen molar-refractivity contribution in [3.63, 3.8) is 0 Å². The maximum Gasteiger partial charge on any atom is 0.417 e. The number of aryl methyl sites for hydroxylation is 5. The second kappa shape index (κ2) is 17.4. The van der Waals surface area contributed by atoms with Gasteiger partial charge in [0.2, 0.25) is 0 Å². The van der Waals surface area contributed by atoms with Gasteiger partial charge in [-0.1, -0.05) is 164 Å². The summed E-state index contributed by atoms with van der Waals surface area (Å²) in [5, 5.41) is 15.9. The zero-order chi connectivity index (χ0) is 50.3. The molecular weight excluding hydrogens is 904 g/mol. The van der Waals surface area contributed by atoms with E-state index in [1.807, 2.05) is 60.7 Å². The normalized spacial score (nSPS) is 11.8. The SMILES string of the molecule is Cc1ccccc1-c1ccc2c3ccc(-c4ccccc4C)cc3n(-c3ccc(-c4c(C)cccc4C(F)(F)F)c(-n4c5cc(-c6ccccc6C)ccc5c5ccc(-c6ccccc6C)cc54)c3C#N)c2c1. The first-order chi connectivity index (χ1) is 35.4. The average Bonchev–Trinajstić information content (AvgIpc) is 3.90. The predicted molar refractivity (Wildman–Crippen MR) is 296 cm³/mol. The number of halogens is 3. The molecule has 0 aliphatic heterocycles. The molecule has 0 amide bonds. The minimum atomic E-state index is -4.70. The first kappa shape index (κ1) is 45.2. The van der Waals surface area contributed by atoms with E-state index in [0.717, 1.165) is 116 Å². The van der Waals surface area contributed by atoms with Crippen LogP contribution in [-0.2, 0) is 6.18 Å². The maximum atomic E-state index is 15.6. The van der Waals surface area contributed by atoms with Crippen LogP contribution in [0.4, 0.5) is 13.2 Å². The molecule has 12 aromatic rings. The van der Waals surface area contributed by atoms with Crippen LogP contribution in [0, 0.1) is 45.9 Å². The van der Waals surface area contributed by atoms with Gasteiger partial charge in [0, 0.05) is 27.1 Å². The van der Waals surface area contributed by atoms with Crippen molar-refractivity contribution in [3.05, 3.63) is 239 Å². The largest absolute Gasteiger partial charge is 0.417 e. The van der Waals surface area contributed by atoms with Crippen LogP contribution >= 0.6 is 0 Å². The van der Waals surface area contributed by atoms with Crippen molar-refractivity contribution in [2.75, 3.05) is 0 Å². The van der Waals surface area contributed by atoms with Crippen LogP contribution < -0.4 is 0 Å². The van der Waals surface area contributed by atoms with Gasteiger partial charge < -0.3 is 9.13 Å². The van der Waals surface area contributed by atoms with E-state index in [2.05, 4.69) is 164 Å². The number of fused-ring (bicyclic) bond motifs is 6. The van der Waals surface area contributed by atoms with Gasteiger partial charge in [0.1, 0.15) is 11.6 Å². The van der Waals surface area contributed by atoms with Crippen molar-refractivity contribution >= 4 is 43.6 Å². The molecule has 10 aromatic carbocycles. The molecule has 0 aliphatic carbocycles. The number of hydrogen-bond donors (Lipinski definition) is 0. The lowest BCUT2D eigenvalue weighted by atomic mass is 9.91. The standard InChI is InChI=1S/C67H48F3N3/c1-40-15-6-10-20-49(40)45-25-29-53-54-30-26-46(50-21-11-7-16-41(50)2)36-62(54)72(61(53)35-45)60-34-33-57(65-44(5)19-14-24-59(65)67(68,69)70)66(58(60)39-71)73-63-37-47(51-22-12-8-17-42(51)3)27-31-55(63)56-32-28-48(38-64(56)73)52-23-13-9-18-43(52)4/h6-38H,1-5H3. The third kappa shape index (κ3) is 7.42. The molecule has 3 nitrogen and oxygen atoms in total. The van der Waals surface area contributed by atoms with Gasteiger partial charge in [-0.2, -0.15) is 18.4 Å². The summed E-state index contributed by atoms with van der Waals surface area (Å²) < 4.78 is 51.1. The Morgan fingerprint density at radius 1 is 0.370 bits per heavy atom. The van der Waals surface area contributed by atoms with Crippen LogP contribution in [0.3, 0.4) is 0 Å². The maximum absolute atomic E-state index is 15.6. The highest BCUT2D eigenvalue weighted by molar-refractivity contribution is 6.14. The molecule has 0 spiro atoms. The van der Waals surface area contributed by atoms with Gasteiger partial charge in [-0.05, 0) is 149 Å². The first-order valence-electron chi connectivity index (χ1n) is 24.5. The van der Waals surface area contributed by atoms with Gasteiger partial charge in [-0.25, -0.2) is 0 Å². The molecule has 0 bridgehead atoms. The lowest BCUT2D eigenvalue weighted by Crippen LogP contribution is -2.11. The molecule has 0 fully saturated rings. The Morgan fingerprint density at radius 2 is 0.726 bits per heavy atom. The fraction of sp³-hybridized carbons (Fsp3) is 0.0896. The van der Waals surface area contributed by atoms with E-state index in [4.69, 9.17) is 0 Å². The number of benzene rings is 10. The van der Waals surface area contributed by atoms with E-state index in [1.54, 1.807) is 13.0 Å². The Balaban J connectivity index is 1.28. The number of alkyl halides is 3. The first-order valence-corrected chi connectivity index (χ1v) is 24.5. The molecule has 12 rings (SSSR count). The third-order valence-corrected chi connectivity index (χ3v) is 14.9. The number of aromatic nitrogens is 2. The van der Waals surface area contributed by atoms with E-state index in [0.29, 0.717) is 22.5 Å². The number of hydrogen-bond acceptors (Lipinski definition) is 1. The van der Waals surface area contributed by atoms with Crippen LogP contribution in [0.2, 0.25) is 0 Å². The molecule has 2 heterocycles. The second-order valence-corrected chi connectivity index (χ2v) is 19.3. The summed E-state index contributed by atoms with van der Waals surface area (Å²) in [5.41, 5.74) is 17.0. The quantitative estimate of drug-likeness (QED) is 0.157. The summed E-state index contributed by atoms with van der Waals surface area (Å²) in [6, 6.07) is 69.4. The monoisotopic (exact) mass is 951 g/mol. The van der Waals surface area contributed by atoms with Crippen molar-refractivity contribution in [3.8, 4) is 73.1 Å². The Hall–Kier alpha value is -8.92. The highest BCUT2D eigenvalue weighted by atomic mass is 19.4. The summed E-state index contributed by atoms with van der Waals surface area (Å²) in [4.78, 5) is 0. The van der Waals surface area contributed by atoms with Crippen LogP contribution in [-0.4, -0.2) is 9.13 Å². The zero-order valence-corrected chi connectivity index (χ0v) is 41.0. The van der Waals surface area contributed by atoms with E-state index < -0.39 is 11.7 Å². The lowest BCUT2D eigenvalue weighted by Gasteiger charge is -2.23. The number of nitrogens with zero attached hydrogens (tertiary/aromatic N) is 3. The molecular formula is C67H48F3N3. The molecule has 0 atom stereocenters. The Bertz CT molecular complexity index is 4070. The third-order valence-electron chi connectivity index (χ3n) is 14.9. The van der Waals surface area contributed by atoms with Crippen LogP contribution in [0.25, 0.3) is 111 Å². The minimum Gasteiger partial charge on any atom is -0.308 e. The van der Waals surface area contributed by atoms with Crippen molar-refractivity contribution in [2.45, 2.75) is 40.8 Å². The second-order valence-electron chi connectivity index (χ2n) is 19.3. The smallest absolute Gasteiger partial charge is 0.308 e. The molecule has 0 radical (unpaired) electrons. The van der Waals surface area contributed by atoms with Gasteiger partial charge >= 0.3 is 6.18 Å². The summed E-state index contributed by atoms with van der Waals surface area (Å²) >= 11 is 0. The fourth-order valence-corrected chi connectivity index (χ4v) is 11.4. The molecule has 0 N–H and O–H groups in total. The van der Waals surface area contributed by atoms with Gasteiger partial charge in [0.05, 0.1) is 39.0 Å². The Morgan fingerprint density at radius 3 is 1.08 bits per heavy atom. The fourth-order valence-electron chi connectivity index (χ4n) is 11.4. The van der Waals surface area contributed by atoms with Crippen LogP contribution in [0.5, 0.6) is 0 Å². The van der Waals surface area contributed by atoms with Crippen LogP contribution in [0.15, 0.2) is 200 Å². The lowest BCUT2D eigenvalue weighted by molar-refractivity contribution is -0.137. The molecule has 352 valence electrons. The highest BCUT2D eigenvalue weighted by Crippen LogP contribution is 2.48. The van der Waals surface area contributed by atoms with E-state index >= 15 is 13.2 Å². The molecule has 73 heavy (non-hydrogen) atoms. The van der Waals surface area contributed by atoms with Crippen molar-refractivity contribution in [2.24, 2.45) is 0 Å². The van der Waals surface area contributed by atoms with E-state index in [1.165, 1.54) is 6.07 Å². The summed E-state index contributed by atoms with van der Waals surface area (Å²) in [5.74, 6) is 0. The van der Waals surface area contributed by atoms with Crippen molar-refractivity contribution in [1.82, 2.24) is 9.13 Å². The highest BCUT2D eigenvalue weighted by Gasteiger charge is 2.36. The molecule has 0 saturated carbocycles. The van der Waals surface area contributed by atoms with Gasteiger partial charge in [-0.15, -0.1) is 0 Å².